The Morgan fingerprint density at radius 2 is 1.17 bits per heavy atom. The molecule has 4 aliphatic rings. The van der Waals surface area contributed by atoms with Crippen LogP contribution in [-0.2, 0) is 13.1 Å². The van der Waals surface area contributed by atoms with Gasteiger partial charge in [-0.2, -0.15) is 0 Å². The van der Waals surface area contributed by atoms with Gasteiger partial charge in [-0.05, 0) is 148 Å². The highest BCUT2D eigenvalue weighted by Crippen LogP contribution is 2.41. The fourth-order valence-corrected chi connectivity index (χ4v) is 9.55. The molecule has 8 rings (SSSR count). The summed E-state index contributed by atoms with van der Waals surface area (Å²) in [6, 6.07) is 15.3. The SMILES string of the molecule is Cc1cc(Cl)cc(CN2CCC3(CCN(C(=O)Oc4cncc(C(N)=O)c4)CC3)C2)c1.Cc1cc(Cl)cc(CN2CCC3(CCNCC3)C2)c1.NC(=O)c1cncc(O)c1. The van der Waals surface area contributed by atoms with Gasteiger partial charge in [0, 0.05) is 61.7 Å². The Morgan fingerprint density at radius 3 is 1.65 bits per heavy atom. The van der Waals surface area contributed by atoms with E-state index in [-0.39, 0.29) is 28.0 Å². The van der Waals surface area contributed by atoms with Crippen molar-refractivity contribution in [1.82, 2.24) is 30.0 Å². The molecule has 2 spiro atoms. The topological polar surface area (TPSA) is 180 Å². The minimum atomic E-state index is -0.607. The van der Waals surface area contributed by atoms with Crippen LogP contribution in [0.25, 0.3) is 0 Å². The first-order chi connectivity index (χ1) is 28.7. The molecule has 13 nitrogen and oxygen atoms in total. The van der Waals surface area contributed by atoms with Gasteiger partial charge < -0.3 is 31.5 Å². The predicted molar refractivity (Wildman–Crippen MR) is 233 cm³/mol. The van der Waals surface area contributed by atoms with Gasteiger partial charge in [-0.15, -0.1) is 0 Å². The number of nitrogens with zero attached hydrogens (tertiary/aromatic N) is 5. The molecule has 6 N–H and O–H groups in total. The van der Waals surface area contributed by atoms with Gasteiger partial charge in [-0.1, -0.05) is 35.3 Å². The van der Waals surface area contributed by atoms with Crippen LogP contribution in [-0.4, -0.2) is 100 Å². The normalized spacial score (nSPS) is 18.3. The van der Waals surface area contributed by atoms with Crippen LogP contribution in [0.15, 0.2) is 73.3 Å². The van der Waals surface area contributed by atoms with Gasteiger partial charge in [0.05, 0.1) is 23.5 Å². The van der Waals surface area contributed by atoms with Crippen molar-refractivity contribution >= 4 is 41.1 Å². The summed E-state index contributed by atoms with van der Waals surface area (Å²) < 4.78 is 5.41. The highest BCUT2D eigenvalue weighted by atomic mass is 35.5. The summed E-state index contributed by atoms with van der Waals surface area (Å²) in [6.07, 6.45) is 12.0. The largest absolute Gasteiger partial charge is 0.506 e. The lowest BCUT2D eigenvalue weighted by Crippen LogP contribution is -2.45. The van der Waals surface area contributed by atoms with Crippen LogP contribution in [0.4, 0.5) is 4.79 Å². The lowest BCUT2D eigenvalue weighted by molar-refractivity contribution is 0.0949. The number of aromatic nitrogens is 2. The number of piperidine rings is 2. The third-order valence-corrected chi connectivity index (χ3v) is 12.4. The molecule has 4 fully saturated rings. The predicted octanol–water partition coefficient (Wildman–Crippen LogP) is 6.74. The number of pyridine rings is 2. The number of amides is 3. The molecule has 0 unspecified atom stereocenters. The number of hydrogen-bond donors (Lipinski definition) is 4. The summed E-state index contributed by atoms with van der Waals surface area (Å²) in [7, 11) is 0. The van der Waals surface area contributed by atoms with Gasteiger partial charge in [0.15, 0.2) is 5.75 Å². The molecule has 320 valence electrons. The molecule has 0 saturated carbocycles. The van der Waals surface area contributed by atoms with E-state index in [1.165, 1.54) is 105 Å². The molecule has 4 saturated heterocycles. The van der Waals surface area contributed by atoms with Crippen LogP contribution < -0.4 is 21.5 Å². The molecule has 0 atom stereocenters. The zero-order chi connectivity index (χ0) is 42.9. The number of benzene rings is 2. The van der Waals surface area contributed by atoms with Crippen molar-refractivity contribution in [3.63, 3.8) is 0 Å². The standard InChI is InChI=1S/C23H27ClN4O3.C16H23ClN2.C6H6N2O2/c1-16-8-17(10-19(24)9-16)14-27-5-2-23(15-27)3-6-28(7-4-23)22(30)31-20-11-18(21(25)29)12-26-13-20;1-13-8-14(10-15(17)9-13)11-19-7-4-16(12-19)2-5-18-6-3-16;7-6(10)4-1-5(9)3-8-2-4/h8-13H,2-7,14-15H2,1H3,(H2,25,29);8-10,18H,2-7,11-12H2,1H3;1-3,9H,(H2,7,10). The van der Waals surface area contributed by atoms with E-state index in [9.17, 15) is 14.4 Å². The van der Waals surface area contributed by atoms with Gasteiger partial charge in [0.2, 0.25) is 11.8 Å². The third-order valence-electron chi connectivity index (χ3n) is 12.0. The van der Waals surface area contributed by atoms with E-state index >= 15 is 0 Å². The highest BCUT2D eigenvalue weighted by Gasteiger charge is 2.42. The first-order valence-corrected chi connectivity index (χ1v) is 21.3. The Morgan fingerprint density at radius 1 is 0.683 bits per heavy atom. The summed E-state index contributed by atoms with van der Waals surface area (Å²) in [6.45, 7) is 14.4. The van der Waals surface area contributed by atoms with Crippen LogP contribution in [0, 0.1) is 24.7 Å². The lowest BCUT2D eigenvalue weighted by Gasteiger charge is -2.38. The van der Waals surface area contributed by atoms with E-state index in [2.05, 4.69) is 57.1 Å². The summed E-state index contributed by atoms with van der Waals surface area (Å²) in [5, 5.41) is 13.9. The molecule has 60 heavy (non-hydrogen) atoms. The van der Waals surface area contributed by atoms with Crippen LogP contribution >= 0.6 is 23.2 Å². The maximum absolute atomic E-state index is 12.6. The molecule has 3 amide bonds. The molecule has 6 heterocycles. The zero-order valence-corrected chi connectivity index (χ0v) is 36.0. The van der Waals surface area contributed by atoms with Crippen molar-refractivity contribution in [2.75, 3.05) is 52.4 Å². The third kappa shape index (κ3) is 12.6. The fourth-order valence-electron chi connectivity index (χ4n) is 8.92. The second-order valence-corrected chi connectivity index (χ2v) is 17.7. The second kappa shape index (κ2) is 20.2. The number of nitrogens with one attached hydrogen (secondary N) is 1. The number of primary amides is 2. The minimum absolute atomic E-state index is 0.0590. The van der Waals surface area contributed by atoms with E-state index in [0.717, 1.165) is 55.5 Å². The molecule has 4 aromatic rings. The first-order valence-electron chi connectivity index (χ1n) is 20.5. The summed E-state index contributed by atoms with van der Waals surface area (Å²) in [5.74, 6) is -1.03. The quantitative estimate of drug-likeness (QED) is 0.156. The van der Waals surface area contributed by atoms with Crippen molar-refractivity contribution in [3.05, 3.63) is 117 Å². The number of nitrogens with two attached hydrogens (primary N) is 2. The molecular formula is C45H56Cl2N8O5. The maximum Gasteiger partial charge on any atom is 0.415 e. The Kier molecular flexibility index (Phi) is 15.1. The molecule has 4 aliphatic heterocycles. The van der Waals surface area contributed by atoms with Gasteiger partial charge in [0.1, 0.15) is 5.75 Å². The first kappa shape index (κ1) is 44.8. The summed E-state index contributed by atoms with van der Waals surface area (Å²) >= 11 is 12.4. The second-order valence-electron chi connectivity index (χ2n) is 16.9. The Balaban J connectivity index is 0.000000175. The van der Waals surface area contributed by atoms with Crippen molar-refractivity contribution in [1.29, 1.82) is 0 Å². The number of ether oxygens (including phenoxy) is 1. The summed E-state index contributed by atoms with van der Waals surface area (Å²) in [5.41, 5.74) is 16.5. The van der Waals surface area contributed by atoms with Crippen molar-refractivity contribution < 1.29 is 24.2 Å². The van der Waals surface area contributed by atoms with Crippen LogP contribution in [0.2, 0.25) is 10.0 Å². The molecule has 15 heteroatoms. The van der Waals surface area contributed by atoms with Gasteiger partial charge in [-0.25, -0.2) is 4.79 Å². The van der Waals surface area contributed by atoms with Crippen molar-refractivity contribution in [2.24, 2.45) is 22.3 Å². The van der Waals surface area contributed by atoms with Gasteiger partial charge >= 0.3 is 6.09 Å². The van der Waals surface area contributed by atoms with Crippen molar-refractivity contribution in [3.8, 4) is 11.5 Å². The van der Waals surface area contributed by atoms with E-state index in [4.69, 9.17) is 44.5 Å². The van der Waals surface area contributed by atoms with Gasteiger partial charge in [0.25, 0.3) is 0 Å². The highest BCUT2D eigenvalue weighted by molar-refractivity contribution is 6.31. The molecule has 2 aromatic carbocycles. The van der Waals surface area contributed by atoms with Crippen LogP contribution in [0.5, 0.6) is 11.5 Å². The molecule has 2 aromatic heterocycles. The number of hydrogen-bond acceptors (Lipinski definition) is 10. The molecule has 0 aliphatic carbocycles. The number of likely N-dealkylation sites (tertiary alicyclic amines) is 3. The Bertz CT molecular complexity index is 2100. The number of halogens is 2. The zero-order valence-electron chi connectivity index (χ0n) is 34.5. The number of aromatic hydroxyl groups is 1. The lowest BCUT2D eigenvalue weighted by atomic mass is 9.78. The van der Waals surface area contributed by atoms with E-state index in [1.807, 2.05) is 18.2 Å². The molecular weight excluding hydrogens is 803 g/mol. The fraction of sp³-hybridized carbons (Fsp3) is 0.444. The minimum Gasteiger partial charge on any atom is -0.506 e. The van der Waals surface area contributed by atoms with E-state index < -0.39 is 17.9 Å². The number of carbonyl (C=O) groups is 3. The summed E-state index contributed by atoms with van der Waals surface area (Å²) in [4.78, 5) is 48.5. The number of carbonyl (C=O) groups excluding carboxylic acids is 3. The molecule has 0 bridgehead atoms. The number of aryl methyl sites for hydroxylation is 2. The van der Waals surface area contributed by atoms with E-state index in [0.29, 0.717) is 18.5 Å². The van der Waals surface area contributed by atoms with Crippen molar-refractivity contribution in [2.45, 2.75) is 65.5 Å². The number of rotatable bonds is 7. The van der Waals surface area contributed by atoms with Gasteiger partial charge in [-0.3, -0.25) is 29.4 Å². The van der Waals surface area contributed by atoms with Crippen LogP contribution in [0.1, 0.15) is 81.5 Å². The smallest absolute Gasteiger partial charge is 0.415 e. The van der Waals surface area contributed by atoms with Crippen LogP contribution in [0.3, 0.4) is 0 Å². The Hall–Kier alpha value is -4.79. The maximum atomic E-state index is 12.6. The van der Waals surface area contributed by atoms with E-state index in [1.54, 1.807) is 4.90 Å². The average Bonchev–Trinajstić information content (AvgIpc) is 3.77. The molecule has 0 radical (unpaired) electrons. The monoisotopic (exact) mass is 858 g/mol. The Labute approximate surface area is 362 Å². The average molecular weight is 860 g/mol.